The fraction of sp³-hybridized carbons (Fsp3) is 0.0909. The molecular weight excluding hydrogens is 193 g/mol. The van der Waals surface area contributed by atoms with Gasteiger partial charge < -0.3 is 5.32 Å². The highest BCUT2D eigenvalue weighted by Crippen LogP contribution is 2.23. The summed E-state index contributed by atoms with van der Waals surface area (Å²) in [5.74, 6) is -0.314. The predicted molar refractivity (Wildman–Crippen MR) is 56.0 cm³/mol. The van der Waals surface area contributed by atoms with Gasteiger partial charge in [0, 0.05) is 18.1 Å². The monoisotopic (exact) mass is 201 g/mol. The Morgan fingerprint density at radius 3 is 2.87 bits per heavy atom. The van der Waals surface area contributed by atoms with Gasteiger partial charge in [-0.15, -0.1) is 0 Å². The standard InChI is InChI=1S/C11H8FN3/c1-14-11-5-8(6-13)15-10-3-2-7(12)4-9(10)11/h2-5H,1H3,(H,14,15). The Bertz CT molecular complexity index is 557. The van der Waals surface area contributed by atoms with E-state index in [9.17, 15) is 4.39 Å². The molecule has 0 aliphatic heterocycles. The van der Waals surface area contributed by atoms with Gasteiger partial charge in [0.05, 0.1) is 5.52 Å². The summed E-state index contributed by atoms with van der Waals surface area (Å²) in [5.41, 5.74) is 1.63. The molecule has 2 aromatic rings. The van der Waals surface area contributed by atoms with Crippen LogP contribution in [0.25, 0.3) is 10.9 Å². The molecule has 1 N–H and O–H groups in total. The number of halogens is 1. The van der Waals surface area contributed by atoms with Crippen LogP contribution in [0.3, 0.4) is 0 Å². The first-order valence-electron chi connectivity index (χ1n) is 4.43. The number of rotatable bonds is 1. The lowest BCUT2D eigenvalue weighted by Gasteiger charge is -2.05. The number of nitrogens with one attached hydrogen (secondary N) is 1. The number of pyridine rings is 1. The Morgan fingerprint density at radius 1 is 1.40 bits per heavy atom. The van der Waals surface area contributed by atoms with Crippen molar-refractivity contribution in [2.75, 3.05) is 12.4 Å². The molecule has 0 aliphatic rings. The Kier molecular flexibility index (Phi) is 2.22. The third-order valence-electron chi connectivity index (χ3n) is 2.15. The fourth-order valence-corrected chi connectivity index (χ4v) is 1.46. The molecule has 0 spiro atoms. The van der Waals surface area contributed by atoms with Crippen LogP contribution in [0.1, 0.15) is 5.69 Å². The topological polar surface area (TPSA) is 48.7 Å². The third-order valence-corrected chi connectivity index (χ3v) is 2.15. The average molecular weight is 201 g/mol. The summed E-state index contributed by atoms with van der Waals surface area (Å²) in [6.45, 7) is 0. The average Bonchev–Trinajstić information content (AvgIpc) is 2.27. The van der Waals surface area contributed by atoms with Crippen LogP contribution in [0.5, 0.6) is 0 Å². The van der Waals surface area contributed by atoms with Gasteiger partial charge in [-0.3, -0.25) is 0 Å². The molecule has 74 valence electrons. The Balaban J connectivity index is 2.82. The van der Waals surface area contributed by atoms with Gasteiger partial charge in [-0.2, -0.15) is 5.26 Å². The van der Waals surface area contributed by atoms with Crippen LogP contribution in [0, 0.1) is 17.1 Å². The van der Waals surface area contributed by atoms with E-state index in [1.54, 1.807) is 19.2 Å². The molecule has 15 heavy (non-hydrogen) atoms. The zero-order chi connectivity index (χ0) is 10.8. The van der Waals surface area contributed by atoms with Crippen molar-refractivity contribution in [1.82, 2.24) is 4.98 Å². The summed E-state index contributed by atoms with van der Waals surface area (Å²) < 4.78 is 13.0. The van der Waals surface area contributed by atoms with Gasteiger partial charge in [0.15, 0.2) is 0 Å². The Labute approximate surface area is 86.2 Å². The molecule has 0 saturated carbocycles. The zero-order valence-electron chi connectivity index (χ0n) is 8.08. The number of nitrogens with zero attached hydrogens (tertiary/aromatic N) is 2. The highest BCUT2D eigenvalue weighted by molar-refractivity contribution is 5.91. The van der Waals surface area contributed by atoms with Crippen LogP contribution in [-0.2, 0) is 0 Å². The van der Waals surface area contributed by atoms with Gasteiger partial charge in [0.1, 0.15) is 17.6 Å². The summed E-state index contributed by atoms with van der Waals surface area (Å²) in [5, 5.41) is 12.3. The molecule has 0 saturated heterocycles. The van der Waals surface area contributed by atoms with Crippen LogP contribution in [0.2, 0.25) is 0 Å². The van der Waals surface area contributed by atoms with Crippen LogP contribution in [0.15, 0.2) is 24.3 Å². The summed E-state index contributed by atoms with van der Waals surface area (Å²) in [6.07, 6.45) is 0. The fourth-order valence-electron chi connectivity index (χ4n) is 1.46. The van der Waals surface area contributed by atoms with E-state index < -0.39 is 0 Å². The molecule has 1 aromatic heterocycles. The molecule has 0 aliphatic carbocycles. The number of benzene rings is 1. The molecule has 2 rings (SSSR count). The Hall–Kier alpha value is -2.15. The molecule has 4 heteroatoms. The van der Waals surface area contributed by atoms with Crippen molar-refractivity contribution in [3.63, 3.8) is 0 Å². The predicted octanol–water partition coefficient (Wildman–Crippen LogP) is 2.29. The molecule has 0 unspecified atom stereocenters. The number of hydrogen-bond acceptors (Lipinski definition) is 3. The normalized spacial score (nSPS) is 9.93. The molecule has 0 atom stereocenters. The quantitative estimate of drug-likeness (QED) is 0.770. The molecule has 0 radical (unpaired) electrons. The van der Waals surface area contributed by atoms with E-state index in [4.69, 9.17) is 5.26 Å². The van der Waals surface area contributed by atoms with E-state index in [2.05, 4.69) is 10.3 Å². The van der Waals surface area contributed by atoms with Crippen molar-refractivity contribution in [3.05, 3.63) is 35.8 Å². The first-order valence-corrected chi connectivity index (χ1v) is 4.43. The van der Waals surface area contributed by atoms with E-state index in [1.165, 1.54) is 12.1 Å². The highest BCUT2D eigenvalue weighted by Gasteiger charge is 2.05. The summed E-state index contributed by atoms with van der Waals surface area (Å²) in [4.78, 5) is 4.08. The van der Waals surface area contributed by atoms with Crippen molar-refractivity contribution >= 4 is 16.6 Å². The maximum Gasteiger partial charge on any atom is 0.143 e. The maximum atomic E-state index is 13.0. The highest BCUT2D eigenvalue weighted by atomic mass is 19.1. The van der Waals surface area contributed by atoms with Gasteiger partial charge >= 0.3 is 0 Å². The lowest BCUT2D eigenvalue weighted by molar-refractivity contribution is 0.629. The summed E-state index contributed by atoms with van der Waals surface area (Å²) in [7, 11) is 1.72. The van der Waals surface area contributed by atoms with Crippen molar-refractivity contribution in [3.8, 4) is 6.07 Å². The van der Waals surface area contributed by atoms with Gasteiger partial charge in [-0.1, -0.05) is 0 Å². The minimum absolute atomic E-state index is 0.314. The van der Waals surface area contributed by atoms with Crippen molar-refractivity contribution in [2.45, 2.75) is 0 Å². The van der Waals surface area contributed by atoms with E-state index >= 15 is 0 Å². The smallest absolute Gasteiger partial charge is 0.143 e. The van der Waals surface area contributed by atoms with Gasteiger partial charge in [-0.25, -0.2) is 9.37 Å². The first kappa shape index (κ1) is 9.41. The minimum Gasteiger partial charge on any atom is -0.387 e. The van der Waals surface area contributed by atoms with Crippen LogP contribution < -0.4 is 5.32 Å². The maximum absolute atomic E-state index is 13.0. The van der Waals surface area contributed by atoms with Crippen LogP contribution in [0.4, 0.5) is 10.1 Å². The second-order valence-corrected chi connectivity index (χ2v) is 3.08. The number of hydrogen-bond donors (Lipinski definition) is 1. The van der Waals surface area contributed by atoms with Gasteiger partial charge in [0.25, 0.3) is 0 Å². The number of fused-ring (bicyclic) bond motifs is 1. The van der Waals surface area contributed by atoms with Crippen LogP contribution in [-0.4, -0.2) is 12.0 Å². The molecular formula is C11H8FN3. The SMILES string of the molecule is CNc1cc(C#N)nc2ccc(F)cc12. The van der Waals surface area contributed by atoms with E-state index in [-0.39, 0.29) is 5.82 Å². The summed E-state index contributed by atoms with van der Waals surface area (Å²) in [6, 6.07) is 7.85. The molecule has 0 amide bonds. The molecule has 1 heterocycles. The first-order chi connectivity index (χ1) is 7.24. The molecule has 1 aromatic carbocycles. The second-order valence-electron chi connectivity index (χ2n) is 3.08. The number of nitriles is 1. The van der Waals surface area contributed by atoms with Gasteiger partial charge in [-0.05, 0) is 24.3 Å². The second kappa shape index (κ2) is 3.54. The van der Waals surface area contributed by atoms with Crippen molar-refractivity contribution < 1.29 is 4.39 Å². The third kappa shape index (κ3) is 1.59. The van der Waals surface area contributed by atoms with E-state index in [0.717, 1.165) is 0 Å². The van der Waals surface area contributed by atoms with Crippen LogP contribution >= 0.6 is 0 Å². The number of anilines is 1. The van der Waals surface area contributed by atoms with Crippen molar-refractivity contribution in [2.24, 2.45) is 0 Å². The van der Waals surface area contributed by atoms with Gasteiger partial charge in [0.2, 0.25) is 0 Å². The minimum atomic E-state index is -0.314. The molecule has 3 nitrogen and oxygen atoms in total. The lowest BCUT2D eigenvalue weighted by Crippen LogP contribution is -1.94. The summed E-state index contributed by atoms with van der Waals surface area (Å²) >= 11 is 0. The number of aromatic nitrogens is 1. The largest absolute Gasteiger partial charge is 0.387 e. The lowest BCUT2D eigenvalue weighted by atomic mass is 10.1. The van der Waals surface area contributed by atoms with E-state index in [1.807, 2.05) is 6.07 Å². The van der Waals surface area contributed by atoms with E-state index in [0.29, 0.717) is 22.3 Å². The molecule has 0 fully saturated rings. The Morgan fingerprint density at radius 2 is 2.20 bits per heavy atom. The molecule has 0 bridgehead atoms. The zero-order valence-corrected chi connectivity index (χ0v) is 8.08. The van der Waals surface area contributed by atoms with Crippen molar-refractivity contribution in [1.29, 1.82) is 5.26 Å².